The molecule has 1 amide bonds. The van der Waals surface area contributed by atoms with Gasteiger partial charge in [-0.2, -0.15) is 5.10 Å². The first-order valence-corrected chi connectivity index (χ1v) is 9.79. The third-order valence-electron chi connectivity index (χ3n) is 4.21. The molecule has 0 saturated carbocycles. The van der Waals surface area contributed by atoms with Gasteiger partial charge in [0.25, 0.3) is 5.91 Å². The minimum Gasteiger partial charge on any atom is -0.383 e. The lowest BCUT2D eigenvalue weighted by Crippen LogP contribution is -2.38. The van der Waals surface area contributed by atoms with Gasteiger partial charge in [-0.15, -0.1) is 11.3 Å². The maximum Gasteiger partial charge on any atom is 0.252 e. The molecule has 0 spiro atoms. The van der Waals surface area contributed by atoms with Crippen molar-refractivity contribution in [2.45, 2.75) is 25.3 Å². The van der Waals surface area contributed by atoms with Crippen LogP contribution < -0.4 is 5.32 Å². The van der Waals surface area contributed by atoms with Crippen molar-refractivity contribution in [1.29, 1.82) is 0 Å². The summed E-state index contributed by atoms with van der Waals surface area (Å²) in [6, 6.07) is 9.15. The Morgan fingerprint density at radius 3 is 2.79 bits per heavy atom. The van der Waals surface area contributed by atoms with Crippen LogP contribution in [0.25, 0.3) is 10.2 Å². The van der Waals surface area contributed by atoms with E-state index in [9.17, 15) is 15.0 Å². The molecule has 3 rings (SSSR count). The highest BCUT2D eigenvalue weighted by atomic mass is 32.1. The van der Waals surface area contributed by atoms with Crippen LogP contribution in [-0.4, -0.2) is 37.0 Å². The second kappa shape index (κ2) is 9.42. The Bertz CT molecular complexity index is 1020. The van der Waals surface area contributed by atoms with Crippen molar-refractivity contribution in [3.63, 3.8) is 0 Å². The number of benzene rings is 1. The number of thiazole rings is 1. The number of para-hydroxylation sites is 1. The quantitative estimate of drug-likeness (QED) is 0.471. The molecule has 0 saturated heterocycles. The zero-order valence-corrected chi connectivity index (χ0v) is 16.5. The minimum atomic E-state index is -1.62. The Kier molecular flexibility index (Phi) is 6.71. The number of aliphatic hydroxyl groups is 2. The Hall–Kier alpha value is -3.07. The van der Waals surface area contributed by atoms with Crippen LogP contribution in [0.3, 0.4) is 0 Å². The smallest absolute Gasteiger partial charge is 0.252 e. The highest BCUT2D eigenvalue weighted by Gasteiger charge is 2.28. The SMILES string of the molecule is C=CC=C(C=C)Cn1ccc(CNC(=O)[C@H](O)[C@@H](O)c2nc3ccccc3s2)n1. The van der Waals surface area contributed by atoms with Gasteiger partial charge in [-0.05, 0) is 23.8 Å². The maximum absolute atomic E-state index is 12.3. The van der Waals surface area contributed by atoms with E-state index >= 15 is 0 Å². The van der Waals surface area contributed by atoms with Gasteiger partial charge in [0.2, 0.25) is 0 Å². The van der Waals surface area contributed by atoms with E-state index in [0.717, 1.165) is 10.3 Å². The molecule has 2 atom stereocenters. The van der Waals surface area contributed by atoms with Gasteiger partial charge in [0, 0.05) is 6.20 Å². The van der Waals surface area contributed by atoms with Crippen LogP contribution in [-0.2, 0) is 17.9 Å². The lowest BCUT2D eigenvalue weighted by molar-refractivity contribution is -0.135. The summed E-state index contributed by atoms with van der Waals surface area (Å²) in [5.74, 6) is -0.690. The highest BCUT2D eigenvalue weighted by molar-refractivity contribution is 7.18. The molecule has 0 aliphatic carbocycles. The zero-order valence-electron chi connectivity index (χ0n) is 15.7. The van der Waals surface area contributed by atoms with E-state index in [1.165, 1.54) is 11.3 Å². The third kappa shape index (κ3) is 5.05. The molecule has 150 valence electrons. The predicted molar refractivity (Wildman–Crippen MR) is 113 cm³/mol. The molecule has 0 aliphatic rings. The number of aromatic nitrogens is 3. The molecule has 3 N–H and O–H groups in total. The van der Waals surface area contributed by atoms with Crippen LogP contribution in [0.2, 0.25) is 0 Å². The lowest BCUT2D eigenvalue weighted by atomic mass is 10.2. The summed E-state index contributed by atoms with van der Waals surface area (Å²) in [5, 5.41) is 27.8. The normalized spacial score (nSPS) is 13.8. The van der Waals surface area contributed by atoms with E-state index in [-0.39, 0.29) is 6.54 Å². The molecule has 7 nitrogen and oxygen atoms in total. The molecule has 0 unspecified atom stereocenters. The van der Waals surface area contributed by atoms with Gasteiger partial charge in [-0.25, -0.2) is 4.98 Å². The van der Waals surface area contributed by atoms with E-state index in [0.29, 0.717) is 22.8 Å². The van der Waals surface area contributed by atoms with Crippen molar-refractivity contribution in [2.75, 3.05) is 0 Å². The number of fused-ring (bicyclic) bond motifs is 1. The number of allylic oxidation sites excluding steroid dienone is 4. The highest BCUT2D eigenvalue weighted by Crippen LogP contribution is 2.28. The molecule has 29 heavy (non-hydrogen) atoms. The van der Waals surface area contributed by atoms with Crippen molar-refractivity contribution in [2.24, 2.45) is 0 Å². The molecule has 2 heterocycles. The molecule has 0 bridgehead atoms. The molecular weight excluding hydrogens is 388 g/mol. The van der Waals surface area contributed by atoms with Crippen LogP contribution >= 0.6 is 11.3 Å². The molecule has 1 aromatic carbocycles. The Balaban J connectivity index is 1.58. The summed E-state index contributed by atoms with van der Waals surface area (Å²) in [4.78, 5) is 16.5. The average Bonchev–Trinajstić information content (AvgIpc) is 3.37. The summed E-state index contributed by atoms with van der Waals surface area (Å²) in [6.07, 6.45) is 4.01. The van der Waals surface area contributed by atoms with Gasteiger partial charge in [0.1, 0.15) is 11.1 Å². The molecule has 0 fully saturated rings. The second-order valence-electron chi connectivity index (χ2n) is 6.31. The number of nitrogens with one attached hydrogen (secondary N) is 1. The molecule has 8 heteroatoms. The maximum atomic E-state index is 12.3. The van der Waals surface area contributed by atoms with E-state index in [1.807, 2.05) is 30.3 Å². The van der Waals surface area contributed by atoms with Crippen molar-refractivity contribution in [3.8, 4) is 0 Å². The molecule has 2 aromatic heterocycles. The first-order valence-electron chi connectivity index (χ1n) is 8.97. The van der Waals surface area contributed by atoms with Gasteiger partial charge < -0.3 is 15.5 Å². The van der Waals surface area contributed by atoms with Crippen LogP contribution in [0.5, 0.6) is 0 Å². The Morgan fingerprint density at radius 1 is 1.28 bits per heavy atom. The van der Waals surface area contributed by atoms with Crippen LogP contribution in [0.1, 0.15) is 16.8 Å². The number of hydrogen-bond acceptors (Lipinski definition) is 6. The number of rotatable bonds is 9. The monoisotopic (exact) mass is 410 g/mol. The summed E-state index contributed by atoms with van der Waals surface area (Å²) < 4.78 is 2.59. The fourth-order valence-corrected chi connectivity index (χ4v) is 3.67. The number of carbonyl (C=O) groups is 1. The van der Waals surface area contributed by atoms with Crippen molar-refractivity contribution < 1.29 is 15.0 Å². The molecule has 3 aromatic rings. The molecular formula is C21H22N4O3S. The second-order valence-corrected chi connectivity index (χ2v) is 7.38. The topological polar surface area (TPSA) is 100 Å². The fourth-order valence-electron chi connectivity index (χ4n) is 2.69. The van der Waals surface area contributed by atoms with Crippen LogP contribution in [0, 0.1) is 0 Å². The fraction of sp³-hybridized carbons (Fsp3) is 0.190. The zero-order chi connectivity index (χ0) is 20.8. The van der Waals surface area contributed by atoms with Gasteiger partial charge in [0.05, 0.1) is 29.0 Å². The summed E-state index contributed by atoms with van der Waals surface area (Å²) >= 11 is 1.24. The van der Waals surface area contributed by atoms with E-state index < -0.39 is 18.1 Å². The van der Waals surface area contributed by atoms with Crippen molar-refractivity contribution in [3.05, 3.63) is 84.2 Å². The standard InChI is InChI=1S/C21H22N4O3S/c1-3-7-14(4-2)13-25-11-10-15(24-25)12-22-20(28)18(26)19(27)21-23-16-8-5-6-9-17(16)29-21/h3-11,18-19,26-27H,1-2,12-13H2,(H,22,28)/t18-,19-/m1/s1. The number of amides is 1. The first kappa shape index (κ1) is 20.7. The average molecular weight is 410 g/mol. The molecule has 0 radical (unpaired) electrons. The number of aliphatic hydroxyl groups excluding tert-OH is 2. The predicted octanol–water partition coefficient (Wildman–Crippen LogP) is 2.50. The lowest BCUT2D eigenvalue weighted by Gasteiger charge is -2.15. The van der Waals surface area contributed by atoms with Gasteiger partial charge in [-0.1, -0.05) is 43.5 Å². The number of hydrogen-bond donors (Lipinski definition) is 3. The summed E-state index contributed by atoms with van der Waals surface area (Å²) in [7, 11) is 0. The third-order valence-corrected chi connectivity index (χ3v) is 5.32. The summed E-state index contributed by atoms with van der Waals surface area (Å²) in [5.41, 5.74) is 2.30. The van der Waals surface area contributed by atoms with Crippen molar-refractivity contribution >= 4 is 27.5 Å². The molecule has 0 aliphatic heterocycles. The van der Waals surface area contributed by atoms with E-state index in [4.69, 9.17) is 0 Å². The van der Waals surface area contributed by atoms with Gasteiger partial charge in [-0.3, -0.25) is 9.48 Å². The van der Waals surface area contributed by atoms with Gasteiger partial charge >= 0.3 is 0 Å². The minimum absolute atomic E-state index is 0.129. The van der Waals surface area contributed by atoms with Gasteiger partial charge in [0.15, 0.2) is 6.10 Å². The number of nitrogens with zero attached hydrogens (tertiary/aromatic N) is 3. The largest absolute Gasteiger partial charge is 0.383 e. The first-order chi connectivity index (χ1) is 14.0. The summed E-state index contributed by atoms with van der Waals surface area (Å²) in [6.45, 7) is 8.07. The Labute approximate surface area is 172 Å². The number of carbonyl (C=O) groups excluding carboxylic acids is 1. The van der Waals surface area contributed by atoms with Crippen LogP contribution in [0.4, 0.5) is 0 Å². The van der Waals surface area contributed by atoms with E-state index in [1.54, 1.807) is 29.1 Å². The van der Waals surface area contributed by atoms with Crippen LogP contribution in [0.15, 0.2) is 73.5 Å². The van der Waals surface area contributed by atoms with E-state index in [2.05, 4.69) is 28.6 Å². The van der Waals surface area contributed by atoms with Crippen molar-refractivity contribution in [1.82, 2.24) is 20.1 Å². The Morgan fingerprint density at radius 2 is 2.07 bits per heavy atom.